The predicted octanol–water partition coefficient (Wildman–Crippen LogP) is 1.68. The molecular formula is C10H13NO2S. The van der Waals surface area contributed by atoms with Gasteiger partial charge in [0.05, 0.1) is 12.7 Å². The lowest BCUT2D eigenvalue weighted by molar-refractivity contribution is -0.122. The summed E-state index contributed by atoms with van der Waals surface area (Å²) in [6.45, 7) is 2.61. The summed E-state index contributed by atoms with van der Waals surface area (Å²) in [6, 6.07) is 1.90. The maximum absolute atomic E-state index is 11.8. The normalized spacial score (nSPS) is 26.6. The van der Waals surface area contributed by atoms with Crippen molar-refractivity contribution in [1.82, 2.24) is 4.37 Å². The van der Waals surface area contributed by atoms with Crippen LogP contribution in [0.2, 0.25) is 0 Å². The number of nitrogens with zero attached hydrogens (tertiary/aromatic N) is 1. The second-order valence-electron chi connectivity index (χ2n) is 3.70. The van der Waals surface area contributed by atoms with E-state index in [-0.39, 0.29) is 12.0 Å². The molecule has 0 spiro atoms. The molecule has 2 unspecified atom stereocenters. The Morgan fingerprint density at radius 1 is 1.79 bits per heavy atom. The van der Waals surface area contributed by atoms with Crippen molar-refractivity contribution in [2.75, 3.05) is 6.61 Å². The molecule has 1 aromatic heterocycles. The van der Waals surface area contributed by atoms with Gasteiger partial charge in [-0.1, -0.05) is 0 Å². The molecule has 76 valence electrons. The minimum atomic E-state index is 0.104. The highest BCUT2D eigenvalue weighted by Crippen LogP contribution is 2.21. The second kappa shape index (κ2) is 4.19. The summed E-state index contributed by atoms with van der Waals surface area (Å²) in [5.41, 5.74) is 0. The zero-order chi connectivity index (χ0) is 9.97. The van der Waals surface area contributed by atoms with E-state index >= 15 is 0 Å². The maximum Gasteiger partial charge on any atom is 0.143 e. The molecule has 0 amide bonds. The van der Waals surface area contributed by atoms with Crippen LogP contribution in [0.5, 0.6) is 0 Å². The fourth-order valence-corrected chi connectivity index (χ4v) is 2.28. The number of Topliss-reactive ketones (excluding diaryl/α,β-unsaturated/α-hetero) is 1. The van der Waals surface area contributed by atoms with Crippen LogP contribution < -0.4 is 0 Å². The van der Waals surface area contributed by atoms with E-state index in [1.165, 1.54) is 11.5 Å². The third kappa shape index (κ3) is 2.19. The van der Waals surface area contributed by atoms with Gasteiger partial charge in [-0.2, -0.15) is 0 Å². The van der Waals surface area contributed by atoms with E-state index in [0.717, 1.165) is 11.3 Å². The van der Waals surface area contributed by atoms with Crippen LogP contribution >= 0.6 is 11.5 Å². The van der Waals surface area contributed by atoms with Gasteiger partial charge in [0.2, 0.25) is 0 Å². The number of ether oxygens (including phenoxy) is 1. The molecule has 0 aromatic carbocycles. The highest BCUT2D eigenvalue weighted by atomic mass is 32.1. The number of ketones is 1. The summed E-state index contributed by atoms with van der Waals surface area (Å²) in [4.78, 5) is 12.8. The van der Waals surface area contributed by atoms with E-state index in [1.807, 2.05) is 13.0 Å². The minimum absolute atomic E-state index is 0.104. The highest BCUT2D eigenvalue weighted by Gasteiger charge is 2.28. The molecule has 3 nitrogen and oxygen atoms in total. The van der Waals surface area contributed by atoms with Gasteiger partial charge in [-0.05, 0) is 30.9 Å². The summed E-state index contributed by atoms with van der Waals surface area (Å²) >= 11 is 1.40. The van der Waals surface area contributed by atoms with Crippen molar-refractivity contribution in [3.63, 3.8) is 0 Å². The van der Waals surface area contributed by atoms with E-state index in [2.05, 4.69) is 4.37 Å². The Kier molecular flexibility index (Phi) is 2.93. The third-order valence-corrected chi connectivity index (χ3v) is 3.24. The smallest absolute Gasteiger partial charge is 0.143 e. The summed E-state index contributed by atoms with van der Waals surface area (Å²) in [5.74, 6) is 0.394. The van der Waals surface area contributed by atoms with Gasteiger partial charge >= 0.3 is 0 Å². The number of hydrogen-bond donors (Lipinski definition) is 0. The highest BCUT2D eigenvalue weighted by molar-refractivity contribution is 7.05. The number of carbonyl (C=O) groups excluding carboxylic acids is 1. The van der Waals surface area contributed by atoms with Crippen LogP contribution in [-0.4, -0.2) is 22.9 Å². The van der Waals surface area contributed by atoms with Crippen molar-refractivity contribution in [3.8, 4) is 0 Å². The molecule has 2 atom stereocenters. The van der Waals surface area contributed by atoms with Crippen LogP contribution in [0.4, 0.5) is 0 Å². The number of hydrogen-bond acceptors (Lipinski definition) is 4. The summed E-state index contributed by atoms with van der Waals surface area (Å²) in [7, 11) is 0. The van der Waals surface area contributed by atoms with Crippen LogP contribution in [0, 0.1) is 5.92 Å². The topological polar surface area (TPSA) is 39.2 Å². The molecule has 0 bridgehead atoms. The molecule has 0 saturated carbocycles. The summed E-state index contributed by atoms with van der Waals surface area (Å²) < 4.78 is 9.35. The Morgan fingerprint density at radius 3 is 3.21 bits per heavy atom. The average Bonchev–Trinajstić information content (AvgIpc) is 2.75. The minimum Gasteiger partial charge on any atom is -0.378 e. The standard InChI is InChI=1S/C10H13NO2S/c1-7-4-8(6-13-7)10(12)5-9-2-3-11-14-9/h2-3,7-8H,4-6H2,1H3. The first kappa shape index (κ1) is 9.80. The zero-order valence-corrected chi connectivity index (χ0v) is 8.92. The Hall–Kier alpha value is -0.740. The quantitative estimate of drug-likeness (QED) is 0.763. The van der Waals surface area contributed by atoms with E-state index < -0.39 is 0 Å². The van der Waals surface area contributed by atoms with Crippen LogP contribution in [0.25, 0.3) is 0 Å². The number of carbonyl (C=O) groups is 1. The Morgan fingerprint density at radius 2 is 2.64 bits per heavy atom. The van der Waals surface area contributed by atoms with Crippen molar-refractivity contribution in [2.45, 2.75) is 25.9 Å². The summed E-state index contributed by atoms with van der Waals surface area (Å²) in [6.07, 6.45) is 3.37. The lowest BCUT2D eigenvalue weighted by Gasteiger charge is -2.04. The van der Waals surface area contributed by atoms with Crippen molar-refractivity contribution >= 4 is 17.3 Å². The zero-order valence-electron chi connectivity index (χ0n) is 8.10. The Bertz CT molecular complexity index is 310. The molecule has 2 rings (SSSR count). The SMILES string of the molecule is CC1CC(C(=O)Cc2ccns2)CO1. The largest absolute Gasteiger partial charge is 0.378 e. The van der Waals surface area contributed by atoms with Crippen molar-refractivity contribution < 1.29 is 9.53 Å². The van der Waals surface area contributed by atoms with Gasteiger partial charge in [-0.15, -0.1) is 0 Å². The van der Waals surface area contributed by atoms with Gasteiger partial charge in [0, 0.05) is 23.4 Å². The van der Waals surface area contributed by atoms with Gasteiger partial charge in [-0.25, -0.2) is 4.37 Å². The molecule has 1 aliphatic rings. The van der Waals surface area contributed by atoms with Gasteiger partial charge in [-0.3, -0.25) is 4.79 Å². The molecule has 0 aliphatic carbocycles. The molecule has 0 N–H and O–H groups in total. The number of aromatic nitrogens is 1. The first-order chi connectivity index (χ1) is 6.75. The second-order valence-corrected chi connectivity index (χ2v) is 4.62. The molecule has 14 heavy (non-hydrogen) atoms. The van der Waals surface area contributed by atoms with E-state index in [1.54, 1.807) is 6.20 Å². The Labute approximate surface area is 87.3 Å². The molecule has 1 aromatic rings. The van der Waals surface area contributed by atoms with Crippen LogP contribution in [0.3, 0.4) is 0 Å². The van der Waals surface area contributed by atoms with Gasteiger partial charge < -0.3 is 4.74 Å². The van der Waals surface area contributed by atoms with E-state index in [4.69, 9.17) is 4.74 Å². The van der Waals surface area contributed by atoms with Crippen LogP contribution in [0.15, 0.2) is 12.3 Å². The first-order valence-electron chi connectivity index (χ1n) is 4.79. The van der Waals surface area contributed by atoms with E-state index in [0.29, 0.717) is 18.8 Å². The fourth-order valence-electron chi connectivity index (χ4n) is 1.69. The fraction of sp³-hybridized carbons (Fsp3) is 0.600. The maximum atomic E-state index is 11.8. The summed E-state index contributed by atoms with van der Waals surface area (Å²) in [5, 5.41) is 0. The third-order valence-electron chi connectivity index (χ3n) is 2.49. The average molecular weight is 211 g/mol. The van der Waals surface area contributed by atoms with Crippen molar-refractivity contribution in [3.05, 3.63) is 17.1 Å². The molecule has 1 fully saturated rings. The monoisotopic (exact) mass is 211 g/mol. The van der Waals surface area contributed by atoms with Crippen molar-refractivity contribution in [2.24, 2.45) is 5.92 Å². The lowest BCUT2D eigenvalue weighted by atomic mass is 9.98. The predicted molar refractivity (Wildman–Crippen MR) is 54.3 cm³/mol. The van der Waals surface area contributed by atoms with Gasteiger partial charge in [0.25, 0.3) is 0 Å². The van der Waals surface area contributed by atoms with Gasteiger partial charge in [0.15, 0.2) is 0 Å². The van der Waals surface area contributed by atoms with Gasteiger partial charge in [0.1, 0.15) is 5.78 Å². The first-order valence-corrected chi connectivity index (χ1v) is 5.57. The number of rotatable bonds is 3. The molecule has 1 saturated heterocycles. The van der Waals surface area contributed by atoms with E-state index in [9.17, 15) is 4.79 Å². The molecule has 2 heterocycles. The Balaban J connectivity index is 1.90. The molecular weight excluding hydrogens is 198 g/mol. The molecule has 1 aliphatic heterocycles. The lowest BCUT2D eigenvalue weighted by Crippen LogP contribution is -2.16. The molecule has 4 heteroatoms. The molecule has 0 radical (unpaired) electrons. The van der Waals surface area contributed by atoms with Crippen LogP contribution in [0.1, 0.15) is 18.2 Å². The van der Waals surface area contributed by atoms with Crippen LogP contribution in [-0.2, 0) is 16.0 Å². The van der Waals surface area contributed by atoms with Crippen molar-refractivity contribution in [1.29, 1.82) is 0 Å².